The standard InChI is InChI=1S/C24H21NO6/c1-4-29-23(27)15-7-5-6-8-19(15)25-22(26)10-18-14(3)17-9-16-13(2)12-30-20(16)11-21(17)31-24(18)28/h5-9,11-12H,4,10H2,1-3H3,(H,25,26). The van der Waals surface area contributed by atoms with E-state index in [1.165, 1.54) is 0 Å². The molecule has 0 aliphatic heterocycles. The molecule has 7 nitrogen and oxygen atoms in total. The van der Waals surface area contributed by atoms with Crippen molar-refractivity contribution in [1.29, 1.82) is 0 Å². The van der Waals surface area contributed by atoms with Crippen LogP contribution in [0.25, 0.3) is 21.9 Å². The van der Waals surface area contributed by atoms with Gasteiger partial charge in [-0.1, -0.05) is 12.1 Å². The summed E-state index contributed by atoms with van der Waals surface area (Å²) < 4.78 is 16.0. The smallest absolute Gasteiger partial charge is 0.340 e. The lowest BCUT2D eigenvalue weighted by Crippen LogP contribution is -2.22. The lowest BCUT2D eigenvalue weighted by atomic mass is 10.0. The van der Waals surface area contributed by atoms with Gasteiger partial charge in [-0.3, -0.25) is 4.79 Å². The summed E-state index contributed by atoms with van der Waals surface area (Å²) in [6.07, 6.45) is 1.45. The number of nitrogens with one attached hydrogen (secondary N) is 1. The van der Waals surface area contributed by atoms with Gasteiger partial charge in [-0.2, -0.15) is 0 Å². The Kier molecular flexibility index (Phi) is 5.33. The maximum absolute atomic E-state index is 12.7. The molecule has 2 aromatic heterocycles. The van der Waals surface area contributed by atoms with E-state index in [0.717, 1.165) is 16.3 Å². The van der Waals surface area contributed by atoms with Crippen LogP contribution in [-0.2, 0) is 16.0 Å². The molecular formula is C24H21NO6. The van der Waals surface area contributed by atoms with Crippen molar-refractivity contribution in [2.24, 2.45) is 0 Å². The Hall–Kier alpha value is -3.87. The quantitative estimate of drug-likeness (QED) is 0.377. The highest BCUT2D eigenvalue weighted by Crippen LogP contribution is 2.29. The molecule has 2 heterocycles. The van der Waals surface area contributed by atoms with Gasteiger partial charge in [0.2, 0.25) is 5.91 Å². The molecule has 0 atom stereocenters. The number of esters is 1. The zero-order valence-corrected chi connectivity index (χ0v) is 17.4. The number of carbonyl (C=O) groups excluding carboxylic acids is 2. The van der Waals surface area contributed by atoms with Gasteiger partial charge in [0.1, 0.15) is 11.2 Å². The first-order valence-corrected chi connectivity index (χ1v) is 9.89. The van der Waals surface area contributed by atoms with Crippen molar-refractivity contribution >= 4 is 39.5 Å². The second-order valence-corrected chi connectivity index (χ2v) is 7.25. The molecule has 1 amide bonds. The fourth-order valence-corrected chi connectivity index (χ4v) is 3.58. The number of aryl methyl sites for hydroxylation is 2. The van der Waals surface area contributed by atoms with Crippen LogP contribution in [0.5, 0.6) is 0 Å². The third-order valence-electron chi connectivity index (χ3n) is 5.21. The fourth-order valence-electron chi connectivity index (χ4n) is 3.58. The monoisotopic (exact) mass is 419 g/mol. The third kappa shape index (κ3) is 3.82. The van der Waals surface area contributed by atoms with Crippen LogP contribution >= 0.6 is 0 Å². The van der Waals surface area contributed by atoms with E-state index in [2.05, 4.69) is 5.32 Å². The predicted molar refractivity (Wildman–Crippen MR) is 116 cm³/mol. The Labute approximate surface area is 177 Å². The molecule has 2 aromatic carbocycles. The van der Waals surface area contributed by atoms with E-state index < -0.39 is 17.5 Å². The van der Waals surface area contributed by atoms with Crippen molar-refractivity contribution in [2.75, 3.05) is 11.9 Å². The Morgan fingerprint density at radius 3 is 2.61 bits per heavy atom. The number of hydrogen-bond acceptors (Lipinski definition) is 6. The first-order valence-electron chi connectivity index (χ1n) is 9.89. The minimum atomic E-state index is -0.582. The second-order valence-electron chi connectivity index (χ2n) is 7.25. The normalized spacial score (nSPS) is 11.1. The highest BCUT2D eigenvalue weighted by atomic mass is 16.5. The van der Waals surface area contributed by atoms with Gasteiger partial charge in [-0.15, -0.1) is 0 Å². The average molecular weight is 419 g/mol. The van der Waals surface area contributed by atoms with Crippen molar-refractivity contribution in [1.82, 2.24) is 0 Å². The van der Waals surface area contributed by atoms with Crippen LogP contribution in [0.2, 0.25) is 0 Å². The maximum Gasteiger partial charge on any atom is 0.340 e. The van der Waals surface area contributed by atoms with Gasteiger partial charge in [0.25, 0.3) is 0 Å². The van der Waals surface area contributed by atoms with Gasteiger partial charge in [0.15, 0.2) is 0 Å². The van der Waals surface area contributed by atoms with Crippen molar-refractivity contribution < 1.29 is 23.2 Å². The molecule has 1 N–H and O–H groups in total. The number of ether oxygens (including phenoxy) is 1. The highest BCUT2D eigenvalue weighted by Gasteiger charge is 2.19. The van der Waals surface area contributed by atoms with Crippen LogP contribution in [0.3, 0.4) is 0 Å². The Morgan fingerprint density at radius 1 is 1.06 bits per heavy atom. The van der Waals surface area contributed by atoms with E-state index in [1.807, 2.05) is 13.0 Å². The number of rotatable bonds is 5. The molecular weight excluding hydrogens is 398 g/mol. The van der Waals surface area contributed by atoms with E-state index in [1.54, 1.807) is 50.4 Å². The maximum atomic E-state index is 12.7. The first kappa shape index (κ1) is 20.4. The number of hydrogen-bond donors (Lipinski definition) is 1. The van der Waals surface area contributed by atoms with Crippen molar-refractivity contribution in [3.63, 3.8) is 0 Å². The molecule has 4 aromatic rings. The molecule has 0 bridgehead atoms. The highest BCUT2D eigenvalue weighted by molar-refractivity contribution is 6.02. The van der Waals surface area contributed by atoms with Crippen LogP contribution in [0.15, 0.2) is 56.3 Å². The van der Waals surface area contributed by atoms with E-state index in [0.29, 0.717) is 22.4 Å². The number of benzene rings is 2. The average Bonchev–Trinajstić information content (AvgIpc) is 3.10. The first-order chi connectivity index (χ1) is 14.9. The van der Waals surface area contributed by atoms with E-state index >= 15 is 0 Å². The second kappa shape index (κ2) is 8.10. The molecule has 31 heavy (non-hydrogen) atoms. The summed E-state index contributed by atoms with van der Waals surface area (Å²) in [5.41, 5.74) is 2.93. The van der Waals surface area contributed by atoms with Crippen molar-refractivity contribution in [3.8, 4) is 0 Å². The molecule has 158 valence electrons. The summed E-state index contributed by atoms with van der Waals surface area (Å²) >= 11 is 0. The van der Waals surface area contributed by atoms with E-state index in [-0.39, 0.29) is 24.2 Å². The lowest BCUT2D eigenvalue weighted by molar-refractivity contribution is -0.115. The predicted octanol–water partition coefficient (Wildman–Crippen LogP) is 4.51. The summed E-state index contributed by atoms with van der Waals surface area (Å²) in [4.78, 5) is 37.4. The zero-order chi connectivity index (χ0) is 22.1. The summed E-state index contributed by atoms with van der Waals surface area (Å²) in [5.74, 6) is -0.966. The van der Waals surface area contributed by atoms with Crippen LogP contribution in [0, 0.1) is 13.8 Å². The summed E-state index contributed by atoms with van der Waals surface area (Å²) in [6, 6.07) is 10.2. The largest absolute Gasteiger partial charge is 0.464 e. The molecule has 0 unspecified atom stereocenters. The molecule has 0 saturated heterocycles. The van der Waals surface area contributed by atoms with Crippen LogP contribution < -0.4 is 10.9 Å². The van der Waals surface area contributed by atoms with Crippen LogP contribution in [-0.4, -0.2) is 18.5 Å². The van der Waals surface area contributed by atoms with Gasteiger partial charge >= 0.3 is 11.6 Å². The summed E-state index contributed by atoms with van der Waals surface area (Å²) in [5, 5.41) is 4.36. The van der Waals surface area contributed by atoms with Crippen LogP contribution in [0.4, 0.5) is 5.69 Å². The molecule has 0 aliphatic carbocycles. The topological polar surface area (TPSA) is 98.8 Å². The Balaban J connectivity index is 1.67. The lowest BCUT2D eigenvalue weighted by Gasteiger charge is -2.11. The molecule has 0 aliphatic rings. The minimum Gasteiger partial charge on any atom is -0.464 e. The number of para-hydroxylation sites is 1. The Bertz CT molecular complexity index is 1380. The number of furan rings is 1. The number of carbonyl (C=O) groups is 2. The van der Waals surface area contributed by atoms with Crippen molar-refractivity contribution in [3.05, 3.63) is 75.3 Å². The van der Waals surface area contributed by atoms with Crippen molar-refractivity contribution in [2.45, 2.75) is 27.2 Å². The molecule has 0 radical (unpaired) electrons. The van der Waals surface area contributed by atoms with Gasteiger partial charge < -0.3 is 18.9 Å². The molecule has 7 heteroatoms. The fraction of sp³-hybridized carbons (Fsp3) is 0.208. The third-order valence-corrected chi connectivity index (χ3v) is 5.21. The summed E-state index contributed by atoms with van der Waals surface area (Å²) in [6.45, 7) is 5.65. The van der Waals surface area contributed by atoms with Gasteiger partial charge in [0, 0.05) is 16.8 Å². The number of fused-ring (bicyclic) bond motifs is 2. The summed E-state index contributed by atoms with van der Waals surface area (Å²) in [7, 11) is 0. The van der Waals surface area contributed by atoms with E-state index in [4.69, 9.17) is 13.6 Å². The molecule has 4 rings (SSSR count). The number of anilines is 1. The molecule has 0 saturated carbocycles. The van der Waals surface area contributed by atoms with Crippen LogP contribution in [0.1, 0.15) is 34.0 Å². The van der Waals surface area contributed by atoms with Gasteiger partial charge in [-0.05, 0) is 50.1 Å². The number of amides is 1. The Morgan fingerprint density at radius 2 is 1.84 bits per heavy atom. The minimum absolute atomic E-state index is 0.191. The molecule has 0 fully saturated rings. The van der Waals surface area contributed by atoms with Gasteiger partial charge in [-0.25, -0.2) is 9.59 Å². The molecule has 0 spiro atoms. The zero-order valence-electron chi connectivity index (χ0n) is 17.4. The van der Waals surface area contributed by atoms with E-state index in [9.17, 15) is 14.4 Å². The van der Waals surface area contributed by atoms with Gasteiger partial charge in [0.05, 0.1) is 36.1 Å². The SMILES string of the molecule is CCOC(=O)c1ccccc1NC(=O)Cc1c(C)c2cc3c(C)coc3cc2oc1=O.